The van der Waals surface area contributed by atoms with Gasteiger partial charge >= 0.3 is 0 Å². The maximum Gasteiger partial charge on any atom is 0.254 e. The Morgan fingerprint density at radius 3 is 2.79 bits per heavy atom. The van der Waals surface area contributed by atoms with Crippen LogP contribution in [-0.2, 0) is 24.9 Å². The van der Waals surface area contributed by atoms with Crippen LogP contribution in [0.25, 0.3) is 0 Å². The van der Waals surface area contributed by atoms with E-state index in [2.05, 4.69) is 9.88 Å². The van der Waals surface area contributed by atoms with Gasteiger partial charge in [-0.2, -0.15) is 0 Å². The van der Waals surface area contributed by atoms with Gasteiger partial charge in [0, 0.05) is 30.6 Å². The Kier molecular flexibility index (Phi) is 4.30. The maximum absolute atomic E-state index is 13.7. The van der Waals surface area contributed by atoms with Crippen LogP contribution in [-0.4, -0.2) is 21.4 Å². The largest absolute Gasteiger partial charge is 0.310 e. The summed E-state index contributed by atoms with van der Waals surface area (Å²) in [5, 5.41) is 0. The van der Waals surface area contributed by atoms with Gasteiger partial charge in [-0.3, -0.25) is 9.69 Å². The molecule has 1 aromatic heterocycles. The van der Waals surface area contributed by atoms with E-state index in [0.717, 1.165) is 29.2 Å². The Morgan fingerprint density at radius 2 is 2.08 bits per heavy atom. The van der Waals surface area contributed by atoms with Gasteiger partial charge in [0.15, 0.2) is 0 Å². The molecule has 0 aliphatic carbocycles. The normalized spacial score (nSPS) is 15.4. The van der Waals surface area contributed by atoms with E-state index in [4.69, 9.17) is 4.98 Å². The summed E-state index contributed by atoms with van der Waals surface area (Å²) in [4.78, 5) is 22.2. The zero-order chi connectivity index (χ0) is 17.5. The summed E-state index contributed by atoms with van der Waals surface area (Å²) in [6.07, 6.45) is 0.677. The molecule has 0 amide bonds. The summed E-state index contributed by atoms with van der Waals surface area (Å²) in [6.45, 7) is 9.99. The summed E-state index contributed by atoms with van der Waals surface area (Å²) >= 11 is 0. The lowest BCUT2D eigenvalue weighted by molar-refractivity contribution is 0.238. The van der Waals surface area contributed by atoms with Crippen molar-refractivity contribution in [3.05, 3.63) is 62.6 Å². The van der Waals surface area contributed by atoms with Crippen LogP contribution in [0.15, 0.2) is 23.0 Å². The number of aromatic amines is 1. The Labute approximate surface area is 141 Å². The fourth-order valence-corrected chi connectivity index (χ4v) is 3.05. The highest BCUT2D eigenvalue weighted by molar-refractivity contribution is 5.28. The van der Waals surface area contributed by atoms with Crippen LogP contribution in [0, 0.1) is 12.7 Å². The number of H-pyrrole nitrogens is 1. The molecule has 0 radical (unpaired) electrons. The molecule has 0 unspecified atom stereocenters. The van der Waals surface area contributed by atoms with Crippen LogP contribution >= 0.6 is 0 Å². The molecular weight excluding hydrogens is 305 g/mol. The molecule has 2 heterocycles. The Bertz CT molecular complexity index is 820. The second-order valence-electron chi connectivity index (χ2n) is 7.57. The number of nitrogens with zero attached hydrogens (tertiary/aromatic N) is 2. The molecule has 2 aromatic rings. The van der Waals surface area contributed by atoms with E-state index in [9.17, 15) is 9.18 Å². The van der Waals surface area contributed by atoms with Gasteiger partial charge in [0.1, 0.15) is 11.6 Å². The molecule has 0 bridgehead atoms. The van der Waals surface area contributed by atoms with Crippen LogP contribution < -0.4 is 5.56 Å². The van der Waals surface area contributed by atoms with Crippen molar-refractivity contribution < 1.29 is 4.39 Å². The fraction of sp³-hybridized carbons (Fsp3) is 0.474. The number of rotatable bonds is 2. The molecule has 1 aliphatic heterocycles. The highest BCUT2D eigenvalue weighted by Gasteiger charge is 2.25. The van der Waals surface area contributed by atoms with Crippen molar-refractivity contribution >= 4 is 0 Å². The lowest BCUT2D eigenvalue weighted by Crippen LogP contribution is -2.36. The molecule has 5 heteroatoms. The first-order chi connectivity index (χ1) is 11.3. The third-order valence-electron chi connectivity index (χ3n) is 4.64. The summed E-state index contributed by atoms with van der Waals surface area (Å²) in [7, 11) is 0. The zero-order valence-corrected chi connectivity index (χ0v) is 14.7. The van der Waals surface area contributed by atoms with Crippen LogP contribution in [0.1, 0.15) is 49.0 Å². The number of nitrogens with one attached hydrogen (secondary N) is 1. The molecular formula is C19H24FN3O. The molecule has 0 atom stereocenters. The molecule has 0 saturated carbocycles. The van der Waals surface area contributed by atoms with E-state index in [1.54, 1.807) is 6.07 Å². The molecule has 128 valence electrons. The van der Waals surface area contributed by atoms with E-state index in [1.807, 2.05) is 33.8 Å². The summed E-state index contributed by atoms with van der Waals surface area (Å²) < 4.78 is 13.7. The van der Waals surface area contributed by atoms with E-state index in [1.165, 1.54) is 6.07 Å². The summed E-state index contributed by atoms with van der Waals surface area (Å²) in [5.41, 5.74) is 3.10. The molecule has 1 aliphatic rings. The molecule has 0 fully saturated rings. The molecule has 3 rings (SSSR count). The highest BCUT2D eigenvalue weighted by Crippen LogP contribution is 2.22. The minimum Gasteiger partial charge on any atom is -0.310 e. The van der Waals surface area contributed by atoms with Crippen molar-refractivity contribution in [3.8, 4) is 0 Å². The lowest BCUT2D eigenvalue weighted by Gasteiger charge is -2.29. The number of hydrogen-bond donors (Lipinski definition) is 1. The molecule has 24 heavy (non-hydrogen) atoms. The van der Waals surface area contributed by atoms with Gasteiger partial charge in [0.2, 0.25) is 0 Å². The molecule has 1 N–H and O–H groups in total. The lowest BCUT2D eigenvalue weighted by atomic mass is 9.94. The van der Waals surface area contributed by atoms with Crippen molar-refractivity contribution in [2.45, 2.75) is 52.6 Å². The highest BCUT2D eigenvalue weighted by atomic mass is 19.1. The first kappa shape index (κ1) is 16.8. The minimum absolute atomic E-state index is 0.0217. The fourth-order valence-electron chi connectivity index (χ4n) is 3.05. The SMILES string of the molecule is Cc1c(F)cccc1CN1CCc2c(nc(C(C)(C)C)[nH]c2=O)C1. The minimum atomic E-state index is -0.199. The summed E-state index contributed by atoms with van der Waals surface area (Å²) in [5.74, 6) is 0.546. The van der Waals surface area contributed by atoms with Crippen molar-refractivity contribution in [1.82, 2.24) is 14.9 Å². The van der Waals surface area contributed by atoms with Crippen LogP contribution in [0.5, 0.6) is 0 Å². The van der Waals surface area contributed by atoms with Gasteiger partial charge in [-0.1, -0.05) is 32.9 Å². The topological polar surface area (TPSA) is 49.0 Å². The number of aromatic nitrogens is 2. The first-order valence-corrected chi connectivity index (χ1v) is 8.34. The average Bonchev–Trinajstić information content (AvgIpc) is 2.50. The molecule has 0 spiro atoms. The number of halogens is 1. The van der Waals surface area contributed by atoms with Crippen LogP contribution in [0.2, 0.25) is 0 Å². The smallest absolute Gasteiger partial charge is 0.254 e. The predicted molar refractivity (Wildman–Crippen MR) is 92.5 cm³/mol. The predicted octanol–water partition coefficient (Wildman–Crippen LogP) is 3.07. The Morgan fingerprint density at radius 1 is 1.33 bits per heavy atom. The van der Waals surface area contributed by atoms with Gasteiger partial charge in [-0.25, -0.2) is 9.37 Å². The van der Waals surface area contributed by atoms with Crippen molar-refractivity contribution in [3.63, 3.8) is 0 Å². The van der Waals surface area contributed by atoms with Gasteiger partial charge in [-0.15, -0.1) is 0 Å². The van der Waals surface area contributed by atoms with Crippen LogP contribution in [0.4, 0.5) is 4.39 Å². The van der Waals surface area contributed by atoms with Crippen molar-refractivity contribution in [2.75, 3.05) is 6.54 Å². The zero-order valence-electron chi connectivity index (χ0n) is 14.7. The monoisotopic (exact) mass is 329 g/mol. The molecule has 4 nitrogen and oxygen atoms in total. The van der Waals surface area contributed by atoms with Gasteiger partial charge in [-0.05, 0) is 30.5 Å². The number of fused-ring (bicyclic) bond motifs is 1. The Hall–Kier alpha value is -2.01. The molecule has 1 aromatic carbocycles. The van der Waals surface area contributed by atoms with Gasteiger partial charge < -0.3 is 4.98 Å². The second kappa shape index (κ2) is 6.13. The standard InChI is InChI=1S/C19H24FN3O/c1-12-13(6-5-7-15(12)20)10-23-9-8-14-16(11-23)21-18(19(2,3)4)22-17(14)24/h5-7H,8-11H2,1-4H3,(H,21,22,24). The first-order valence-electron chi connectivity index (χ1n) is 8.34. The maximum atomic E-state index is 13.7. The third-order valence-corrected chi connectivity index (χ3v) is 4.64. The third kappa shape index (κ3) is 3.26. The number of benzene rings is 1. The van der Waals surface area contributed by atoms with Crippen molar-refractivity contribution in [2.24, 2.45) is 0 Å². The average molecular weight is 329 g/mol. The summed E-state index contributed by atoms with van der Waals surface area (Å²) in [6, 6.07) is 5.19. The van der Waals surface area contributed by atoms with Gasteiger partial charge in [0.05, 0.1) is 5.69 Å². The van der Waals surface area contributed by atoms with E-state index < -0.39 is 0 Å². The van der Waals surface area contributed by atoms with Crippen LogP contribution in [0.3, 0.4) is 0 Å². The quantitative estimate of drug-likeness (QED) is 0.921. The molecule has 0 saturated heterocycles. The van der Waals surface area contributed by atoms with E-state index in [0.29, 0.717) is 25.1 Å². The van der Waals surface area contributed by atoms with Crippen molar-refractivity contribution in [1.29, 1.82) is 0 Å². The second-order valence-corrected chi connectivity index (χ2v) is 7.57. The van der Waals surface area contributed by atoms with Gasteiger partial charge in [0.25, 0.3) is 5.56 Å². The number of hydrogen-bond acceptors (Lipinski definition) is 3. The van der Waals surface area contributed by atoms with E-state index in [-0.39, 0.29) is 16.8 Å². The van der Waals surface area contributed by atoms with E-state index >= 15 is 0 Å². The Balaban J connectivity index is 1.87.